The van der Waals surface area contributed by atoms with E-state index >= 15 is 0 Å². The zero-order valence-electron chi connectivity index (χ0n) is 12.4. The summed E-state index contributed by atoms with van der Waals surface area (Å²) < 4.78 is 13.3. The van der Waals surface area contributed by atoms with Gasteiger partial charge >= 0.3 is 5.97 Å². The highest BCUT2D eigenvalue weighted by atomic mass is 19.1. The standard InChI is InChI=1S/C16H17FN2O4/c17-10-1-2-11-12(8-14(20)18-13(11)7-10)15(21)19-5-3-9(4-6-19)16(22)23/h1-2,7,9,12H,3-6,8H2,(H,18,20)(H,22,23). The van der Waals surface area contributed by atoms with E-state index in [0.717, 1.165) is 0 Å². The van der Waals surface area contributed by atoms with Gasteiger partial charge in [0.1, 0.15) is 5.82 Å². The summed E-state index contributed by atoms with van der Waals surface area (Å²) in [7, 11) is 0. The van der Waals surface area contributed by atoms with Gasteiger partial charge in [-0.1, -0.05) is 6.07 Å². The number of carboxylic acids is 1. The van der Waals surface area contributed by atoms with Gasteiger partial charge < -0.3 is 15.3 Å². The van der Waals surface area contributed by atoms with Crippen molar-refractivity contribution in [2.24, 2.45) is 5.92 Å². The van der Waals surface area contributed by atoms with Crippen LogP contribution in [0.5, 0.6) is 0 Å². The van der Waals surface area contributed by atoms with Crippen molar-refractivity contribution in [2.75, 3.05) is 18.4 Å². The van der Waals surface area contributed by atoms with E-state index in [-0.39, 0.29) is 18.2 Å². The lowest BCUT2D eigenvalue weighted by Gasteiger charge is -2.34. The third-order valence-electron chi connectivity index (χ3n) is 4.51. The summed E-state index contributed by atoms with van der Waals surface area (Å²) in [4.78, 5) is 37.1. The van der Waals surface area contributed by atoms with Gasteiger partial charge in [0.15, 0.2) is 0 Å². The van der Waals surface area contributed by atoms with Crippen molar-refractivity contribution in [1.82, 2.24) is 4.90 Å². The maximum atomic E-state index is 13.3. The summed E-state index contributed by atoms with van der Waals surface area (Å²) in [6.45, 7) is 0.731. The number of carbonyl (C=O) groups is 3. The van der Waals surface area contributed by atoms with Crippen molar-refractivity contribution < 1.29 is 23.9 Å². The number of aliphatic carboxylic acids is 1. The van der Waals surface area contributed by atoms with Gasteiger partial charge in [0.2, 0.25) is 11.8 Å². The Labute approximate surface area is 132 Å². The normalized spacial score (nSPS) is 21.5. The fourth-order valence-electron chi connectivity index (χ4n) is 3.22. The lowest BCUT2D eigenvalue weighted by atomic mass is 9.88. The molecule has 3 rings (SSSR count). The van der Waals surface area contributed by atoms with E-state index in [9.17, 15) is 18.8 Å². The van der Waals surface area contributed by atoms with Crippen molar-refractivity contribution in [3.63, 3.8) is 0 Å². The lowest BCUT2D eigenvalue weighted by molar-refractivity contribution is -0.146. The first-order chi connectivity index (χ1) is 11.0. The van der Waals surface area contributed by atoms with Crippen molar-refractivity contribution in [2.45, 2.75) is 25.2 Å². The minimum atomic E-state index is -0.838. The van der Waals surface area contributed by atoms with Crippen LogP contribution in [0.1, 0.15) is 30.7 Å². The highest BCUT2D eigenvalue weighted by Crippen LogP contribution is 2.34. The second-order valence-corrected chi connectivity index (χ2v) is 5.97. The number of halogens is 1. The van der Waals surface area contributed by atoms with E-state index < -0.39 is 23.6 Å². The largest absolute Gasteiger partial charge is 0.481 e. The number of amides is 2. The second kappa shape index (κ2) is 5.98. The monoisotopic (exact) mass is 320 g/mol. The Kier molecular flexibility index (Phi) is 4.02. The number of carbonyl (C=O) groups excluding carboxylic acids is 2. The molecule has 2 amide bonds. The van der Waals surface area contributed by atoms with Gasteiger partial charge in [-0.25, -0.2) is 4.39 Å². The molecule has 1 atom stereocenters. The zero-order valence-corrected chi connectivity index (χ0v) is 12.4. The fourth-order valence-corrected chi connectivity index (χ4v) is 3.22. The molecule has 1 unspecified atom stereocenters. The molecule has 2 aliphatic rings. The van der Waals surface area contributed by atoms with E-state index in [1.807, 2.05) is 0 Å². The molecule has 6 nitrogen and oxygen atoms in total. The van der Waals surface area contributed by atoms with Crippen LogP contribution in [0, 0.1) is 11.7 Å². The number of likely N-dealkylation sites (tertiary alicyclic amines) is 1. The maximum Gasteiger partial charge on any atom is 0.306 e. The second-order valence-electron chi connectivity index (χ2n) is 5.97. The number of carboxylic acid groups (broad SMARTS) is 1. The molecule has 23 heavy (non-hydrogen) atoms. The van der Waals surface area contributed by atoms with Crippen molar-refractivity contribution in [3.05, 3.63) is 29.6 Å². The number of anilines is 1. The summed E-state index contributed by atoms with van der Waals surface area (Å²) in [5.41, 5.74) is 0.941. The number of nitrogens with zero attached hydrogens (tertiary/aromatic N) is 1. The molecule has 1 aromatic rings. The Morgan fingerprint density at radius 2 is 1.96 bits per heavy atom. The van der Waals surface area contributed by atoms with E-state index in [0.29, 0.717) is 37.2 Å². The Morgan fingerprint density at radius 1 is 1.26 bits per heavy atom. The Hall–Kier alpha value is -2.44. The summed E-state index contributed by atoms with van der Waals surface area (Å²) in [5, 5.41) is 11.6. The molecule has 1 fully saturated rings. The SMILES string of the molecule is O=C1CC(C(=O)N2CCC(C(=O)O)CC2)c2ccc(F)cc2N1. The molecular formula is C16H17FN2O4. The van der Waals surface area contributed by atoms with E-state index in [4.69, 9.17) is 5.11 Å². The third kappa shape index (κ3) is 3.04. The van der Waals surface area contributed by atoms with Crippen molar-refractivity contribution >= 4 is 23.5 Å². The summed E-state index contributed by atoms with van der Waals surface area (Å²) in [5.74, 6) is -2.89. The fraction of sp³-hybridized carbons (Fsp3) is 0.438. The van der Waals surface area contributed by atoms with Gasteiger partial charge in [0, 0.05) is 25.2 Å². The summed E-state index contributed by atoms with van der Waals surface area (Å²) in [6, 6.07) is 4.01. The van der Waals surface area contributed by atoms with Gasteiger partial charge in [0.05, 0.1) is 11.8 Å². The average molecular weight is 320 g/mol. The van der Waals surface area contributed by atoms with Gasteiger partial charge in [-0.15, -0.1) is 0 Å². The van der Waals surface area contributed by atoms with Crippen molar-refractivity contribution in [3.8, 4) is 0 Å². The van der Waals surface area contributed by atoms with Crippen LogP contribution in [-0.4, -0.2) is 40.9 Å². The molecular weight excluding hydrogens is 303 g/mol. The molecule has 0 saturated carbocycles. The first-order valence-corrected chi connectivity index (χ1v) is 7.56. The van der Waals surface area contributed by atoms with Gasteiger partial charge in [-0.05, 0) is 30.5 Å². The molecule has 0 aliphatic carbocycles. The van der Waals surface area contributed by atoms with Gasteiger partial charge in [-0.3, -0.25) is 14.4 Å². The first kappa shape index (κ1) is 15.5. The predicted octanol–water partition coefficient (Wildman–Crippen LogP) is 1.57. The molecule has 0 aromatic heterocycles. The van der Waals surface area contributed by atoms with Crippen molar-refractivity contribution in [1.29, 1.82) is 0 Å². The highest BCUT2D eigenvalue weighted by molar-refractivity contribution is 6.01. The molecule has 2 N–H and O–H groups in total. The number of nitrogens with one attached hydrogen (secondary N) is 1. The zero-order chi connectivity index (χ0) is 16.6. The number of hydrogen-bond acceptors (Lipinski definition) is 3. The van der Waals surface area contributed by atoms with Crippen LogP contribution >= 0.6 is 0 Å². The van der Waals surface area contributed by atoms with Crippen LogP contribution < -0.4 is 5.32 Å². The Bertz CT molecular complexity index is 668. The number of fused-ring (bicyclic) bond motifs is 1. The molecule has 0 radical (unpaired) electrons. The third-order valence-corrected chi connectivity index (χ3v) is 4.51. The molecule has 0 spiro atoms. The van der Waals surface area contributed by atoms with E-state index in [1.165, 1.54) is 18.2 Å². The molecule has 2 heterocycles. The minimum Gasteiger partial charge on any atom is -0.481 e. The predicted molar refractivity (Wildman–Crippen MR) is 79.3 cm³/mol. The topological polar surface area (TPSA) is 86.7 Å². The smallest absolute Gasteiger partial charge is 0.306 e. The number of hydrogen-bond donors (Lipinski definition) is 2. The van der Waals surface area contributed by atoms with Crippen LogP contribution in [0.2, 0.25) is 0 Å². The number of benzene rings is 1. The molecule has 2 aliphatic heterocycles. The average Bonchev–Trinajstić information content (AvgIpc) is 2.53. The molecule has 122 valence electrons. The first-order valence-electron chi connectivity index (χ1n) is 7.56. The van der Waals surface area contributed by atoms with Gasteiger partial charge in [0.25, 0.3) is 0 Å². The van der Waals surface area contributed by atoms with Gasteiger partial charge in [-0.2, -0.15) is 0 Å². The molecule has 1 aromatic carbocycles. The van der Waals surface area contributed by atoms with E-state index in [1.54, 1.807) is 4.90 Å². The minimum absolute atomic E-state index is 0.0241. The summed E-state index contributed by atoms with van der Waals surface area (Å²) >= 11 is 0. The molecule has 1 saturated heterocycles. The lowest BCUT2D eigenvalue weighted by Crippen LogP contribution is -2.44. The van der Waals surface area contributed by atoms with E-state index in [2.05, 4.69) is 5.32 Å². The van der Waals surface area contributed by atoms with Crippen LogP contribution in [-0.2, 0) is 14.4 Å². The summed E-state index contributed by atoms with van der Waals surface area (Å²) in [6.07, 6.45) is 0.850. The molecule has 7 heteroatoms. The van der Waals surface area contributed by atoms with Crippen LogP contribution in [0.3, 0.4) is 0 Å². The van der Waals surface area contributed by atoms with Crippen LogP contribution in [0.4, 0.5) is 10.1 Å². The van der Waals surface area contributed by atoms with Crippen LogP contribution in [0.15, 0.2) is 18.2 Å². The Balaban J connectivity index is 1.78. The highest BCUT2D eigenvalue weighted by Gasteiger charge is 2.35. The maximum absolute atomic E-state index is 13.3. The Morgan fingerprint density at radius 3 is 2.61 bits per heavy atom. The quantitative estimate of drug-likeness (QED) is 0.866. The van der Waals surface area contributed by atoms with Crippen LogP contribution in [0.25, 0.3) is 0 Å². The number of rotatable bonds is 2. The number of piperidine rings is 1. The molecule has 0 bridgehead atoms.